The summed E-state index contributed by atoms with van der Waals surface area (Å²) in [6.07, 6.45) is 1.25. The van der Waals surface area contributed by atoms with Crippen molar-refractivity contribution >= 4 is 34.8 Å². The zero-order chi connectivity index (χ0) is 14.4. The third kappa shape index (κ3) is 4.64. The minimum absolute atomic E-state index is 0.0599. The minimum atomic E-state index is 0.0599. The summed E-state index contributed by atoms with van der Waals surface area (Å²) in [7, 11) is 0. The van der Waals surface area contributed by atoms with Gasteiger partial charge in [0.1, 0.15) is 28.0 Å². The molecule has 20 heavy (non-hydrogen) atoms. The van der Waals surface area contributed by atoms with Crippen molar-refractivity contribution in [3.63, 3.8) is 0 Å². The molecule has 0 aliphatic rings. The second kappa shape index (κ2) is 7.44. The van der Waals surface area contributed by atoms with Crippen LogP contribution >= 0.6 is 34.8 Å². The van der Waals surface area contributed by atoms with Gasteiger partial charge in [0, 0.05) is 5.88 Å². The number of benzene rings is 2. The topological polar surface area (TPSA) is 18.5 Å². The Bertz CT molecular complexity index is 573. The highest BCUT2D eigenvalue weighted by atomic mass is 35.5. The largest absolute Gasteiger partial charge is 0.463 e. The SMILES string of the molecule is ClCc1ccc(Oc2ccc(OC=C(Cl)Cl)cc2)cc1. The van der Waals surface area contributed by atoms with E-state index in [1.807, 2.05) is 24.3 Å². The molecule has 2 nitrogen and oxygen atoms in total. The van der Waals surface area contributed by atoms with Crippen LogP contribution in [0.5, 0.6) is 17.2 Å². The van der Waals surface area contributed by atoms with E-state index in [9.17, 15) is 0 Å². The Labute approximate surface area is 132 Å². The molecule has 0 saturated heterocycles. The van der Waals surface area contributed by atoms with Crippen LogP contribution in [0, 0.1) is 0 Å². The summed E-state index contributed by atoms with van der Waals surface area (Å²) in [6.45, 7) is 0. The van der Waals surface area contributed by atoms with Crippen molar-refractivity contribution in [3.8, 4) is 17.2 Å². The zero-order valence-corrected chi connectivity index (χ0v) is 12.6. The van der Waals surface area contributed by atoms with E-state index in [1.165, 1.54) is 6.26 Å². The smallest absolute Gasteiger partial charge is 0.141 e. The van der Waals surface area contributed by atoms with Crippen LogP contribution < -0.4 is 9.47 Å². The van der Waals surface area contributed by atoms with Gasteiger partial charge in [-0.3, -0.25) is 0 Å². The molecule has 0 aliphatic heterocycles. The average Bonchev–Trinajstić information content (AvgIpc) is 2.47. The van der Waals surface area contributed by atoms with Gasteiger partial charge in [0.05, 0.1) is 0 Å². The second-order valence-electron chi connectivity index (χ2n) is 3.88. The van der Waals surface area contributed by atoms with Crippen molar-refractivity contribution in [1.82, 2.24) is 0 Å². The van der Waals surface area contributed by atoms with Gasteiger partial charge in [0.25, 0.3) is 0 Å². The first-order valence-electron chi connectivity index (χ1n) is 5.78. The molecule has 2 rings (SSSR count). The highest BCUT2D eigenvalue weighted by molar-refractivity contribution is 6.55. The third-order valence-electron chi connectivity index (χ3n) is 2.42. The molecular formula is C15H11Cl3O2. The first-order valence-corrected chi connectivity index (χ1v) is 7.07. The molecule has 0 N–H and O–H groups in total. The summed E-state index contributed by atoms with van der Waals surface area (Å²) in [4.78, 5) is 0. The molecule has 2 aromatic carbocycles. The first-order chi connectivity index (χ1) is 9.67. The Morgan fingerprint density at radius 3 is 1.85 bits per heavy atom. The predicted octanol–water partition coefficient (Wildman–Crippen LogP) is 5.87. The van der Waals surface area contributed by atoms with Crippen LogP contribution in [0.4, 0.5) is 0 Å². The summed E-state index contributed by atoms with van der Waals surface area (Å²) in [5.41, 5.74) is 1.05. The Morgan fingerprint density at radius 2 is 1.35 bits per heavy atom. The maximum atomic E-state index is 5.73. The van der Waals surface area contributed by atoms with Crippen molar-refractivity contribution in [2.24, 2.45) is 0 Å². The molecule has 0 atom stereocenters. The van der Waals surface area contributed by atoms with E-state index in [2.05, 4.69) is 0 Å². The van der Waals surface area contributed by atoms with Crippen LogP contribution in [-0.4, -0.2) is 0 Å². The fourth-order valence-corrected chi connectivity index (χ4v) is 1.75. The normalized spacial score (nSPS) is 9.95. The van der Waals surface area contributed by atoms with Gasteiger partial charge >= 0.3 is 0 Å². The predicted molar refractivity (Wildman–Crippen MR) is 82.9 cm³/mol. The molecule has 0 aromatic heterocycles. The summed E-state index contributed by atoms with van der Waals surface area (Å²) in [5.74, 6) is 2.56. The zero-order valence-electron chi connectivity index (χ0n) is 10.4. The average molecular weight is 330 g/mol. The molecule has 0 heterocycles. The molecule has 0 saturated carbocycles. The molecule has 0 bridgehead atoms. The van der Waals surface area contributed by atoms with Crippen LogP contribution in [0.15, 0.2) is 59.3 Å². The highest BCUT2D eigenvalue weighted by Gasteiger charge is 1.99. The molecule has 2 aromatic rings. The number of alkyl halides is 1. The molecule has 0 spiro atoms. The molecule has 0 aliphatic carbocycles. The Hall–Kier alpha value is -1.35. The van der Waals surface area contributed by atoms with Gasteiger partial charge in [-0.05, 0) is 42.0 Å². The Balaban J connectivity index is 2.00. The fraction of sp³-hybridized carbons (Fsp3) is 0.0667. The monoisotopic (exact) mass is 328 g/mol. The van der Waals surface area contributed by atoms with Crippen LogP contribution in [0.1, 0.15) is 5.56 Å². The van der Waals surface area contributed by atoms with E-state index in [0.717, 1.165) is 11.3 Å². The molecular weight excluding hydrogens is 319 g/mol. The quantitative estimate of drug-likeness (QED) is 0.504. The summed E-state index contributed by atoms with van der Waals surface area (Å²) >= 11 is 16.6. The number of hydrogen-bond acceptors (Lipinski definition) is 2. The number of rotatable bonds is 5. The number of hydrogen-bond donors (Lipinski definition) is 0. The van der Waals surface area contributed by atoms with E-state index in [0.29, 0.717) is 17.4 Å². The molecule has 0 radical (unpaired) electrons. The van der Waals surface area contributed by atoms with Crippen LogP contribution in [0.25, 0.3) is 0 Å². The molecule has 5 heteroatoms. The molecule has 0 amide bonds. The highest BCUT2D eigenvalue weighted by Crippen LogP contribution is 2.24. The van der Waals surface area contributed by atoms with E-state index in [1.54, 1.807) is 24.3 Å². The van der Waals surface area contributed by atoms with Crippen LogP contribution in [0.3, 0.4) is 0 Å². The van der Waals surface area contributed by atoms with Gasteiger partial charge < -0.3 is 9.47 Å². The van der Waals surface area contributed by atoms with Crippen molar-refractivity contribution in [3.05, 3.63) is 64.8 Å². The van der Waals surface area contributed by atoms with Crippen LogP contribution in [-0.2, 0) is 5.88 Å². The van der Waals surface area contributed by atoms with Gasteiger partial charge in [-0.2, -0.15) is 0 Å². The lowest BCUT2D eigenvalue weighted by Crippen LogP contribution is -1.86. The summed E-state index contributed by atoms with van der Waals surface area (Å²) in [5, 5.41) is 0. The Morgan fingerprint density at radius 1 is 0.850 bits per heavy atom. The first kappa shape index (κ1) is 15.0. The molecule has 104 valence electrons. The second-order valence-corrected chi connectivity index (χ2v) is 5.15. The standard InChI is InChI=1S/C15H11Cl3O2/c16-9-11-1-3-13(4-2-11)20-14-7-5-12(6-8-14)19-10-15(17)18/h1-8,10H,9H2. The lowest BCUT2D eigenvalue weighted by Gasteiger charge is -2.07. The lowest BCUT2D eigenvalue weighted by molar-refractivity contribution is 0.468. The number of ether oxygens (including phenoxy) is 2. The van der Waals surface area contributed by atoms with Crippen molar-refractivity contribution in [1.29, 1.82) is 0 Å². The molecule has 0 unspecified atom stereocenters. The van der Waals surface area contributed by atoms with Crippen molar-refractivity contribution in [2.75, 3.05) is 0 Å². The minimum Gasteiger partial charge on any atom is -0.463 e. The van der Waals surface area contributed by atoms with E-state index < -0.39 is 0 Å². The van der Waals surface area contributed by atoms with Gasteiger partial charge in [-0.15, -0.1) is 11.6 Å². The van der Waals surface area contributed by atoms with Gasteiger partial charge in [0.2, 0.25) is 0 Å². The van der Waals surface area contributed by atoms with Gasteiger partial charge in [-0.25, -0.2) is 0 Å². The van der Waals surface area contributed by atoms with Gasteiger partial charge in [-0.1, -0.05) is 35.3 Å². The van der Waals surface area contributed by atoms with Crippen molar-refractivity contribution in [2.45, 2.75) is 5.88 Å². The maximum absolute atomic E-state index is 5.73. The van der Waals surface area contributed by atoms with E-state index in [-0.39, 0.29) is 4.49 Å². The lowest BCUT2D eigenvalue weighted by atomic mass is 10.2. The van der Waals surface area contributed by atoms with E-state index in [4.69, 9.17) is 44.3 Å². The van der Waals surface area contributed by atoms with Crippen molar-refractivity contribution < 1.29 is 9.47 Å². The van der Waals surface area contributed by atoms with Crippen LogP contribution in [0.2, 0.25) is 0 Å². The fourth-order valence-electron chi connectivity index (χ4n) is 1.48. The molecule has 0 fully saturated rings. The number of halogens is 3. The van der Waals surface area contributed by atoms with Gasteiger partial charge in [0.15, 0.2) is 0 Å². The summed E-state index contributed by atoms with van der Waals surface area (Å²) in [6, 6.07) is 14.7. The summed E-state index contributed by atoms with van der Waals surface area (Å²) < 4.78 is 11.0. The maximum Gasteiger partial charge on any atom is 0.141 e. The Kier molecular flexibility index (Phi) is 5.60. The third-order valence-corrected chi connectivity index (χ3v) is 2.91. The van der Waals surface area contributed by atoms with E-state index >= 15 is 0 Å².